The summed E-state index contributed by atoms with van der Waals surface area (Å²) in [7, 11) is 1.12. The van der Waals surface area contributed by atoms with Gasteiger partial charge in [0.2, 0.25) is 11.8 Å². The molecule has 0 bridgehead atoms. The molecule has 0 radical (unpaired) electrons. The number of hydrogen-bond donors (Lipinski definition) is 2. The number of rotatable bonds is 3. The fraction of sp³-hybridized carbons (Fsp3) is 0.211. The number of nitrogens with zero attached hydrogens (tertiary/aromatic N) is 1. The molecule has 1 unspecified atom stereocenters. The number of methoxy groups -OCH3 is 1. The van der Waals surface area contributed by atoms with Crippen molar-refractivity contribution in [2.45, 2.75) is 19.3 Å². The minimum absolute atomic E-state index is 0.109. The maximum Gasteiger partial charge on any atom is 0.345 e. The quantitative estimate of drug-likeness (QED) is 0.646. The van der Waals surface area contributed by atoms with Gasteiger partial charge in [0.15, 0.2) is 0 Å². The number of carbonyl (C=O) groups excluding carboxylic acids is 3. The van der Waals surface area contributed by atoms with E-state index in [1.807, 2.05) is 0 Å². The molecular formula is C19H17NO6. The van der Waals surface area contributed by atoms with Crippen molar-refractivity contribution >= 4 is 23.5 Å². The summed E-state index contributed by atoms with van der Waals surface area (Å²) in [4.78, 5) is 38.2. The Morgan fingerprint density at radius 3 is 2.42 bits per heavy atom. The van der Waals surface area contributed by atoms with Gasteiger partial charge in [-0.3, -0.25) is 14.5 Å². The third-order valence-electron chi connectivity index (χ3n) is 4.42. The van der Waals surface area contributed by atoms with Gasteiger partial charge in [0.1, 0.15) is 17.1 Å². The lowest BCUT2D eigenvalue weighted by Crippen LogP contribution is -2.30. The molecule has 2 amide bonds. The van der Waals surface area contributed by atoms with E-state index in [-0.39, 0.29) is 17.5 Å². The summed E-state index contributed by atoms with van der Waals surface area (Å²) >= 11 is 0. The van der Waals surface area contributed by atoms with Gasteiger partial charge in [-0.25, -0.2) is 4.79 Å². The summed E-state index contributed by atoms with van der Waals surface area (Å²) in [6.07, 6.45) is -0.147. The maximum atomic E-state index is 12.8. The minimum atomic E-state index is -0.953. The molecule has 0 aliphatic carbocycles. The molecule has 1 heterocycles. The Hall–Kier alpha value is -3.35. The predicted molar refractivity (Wildman–Crippen MR) is 92.1 cm³/mol. The molecule has 2 aromatic rings. The second-order valence-electron chi connectivity index (χ2n) is 6.01. The van der Waals surface area contributed by atoms with Gasteiger partial charge in [-0.2, -0.15) is 0 Å². The molecule has 1 aliphatic heterocycles. The topological polar surface area (TPSA) is 104 Å². The van der Waals surface area contributed by atoms with E-state index in [0.29, 0.717) is 5.69 Å². The van der Waals surface area contributed by atoms with Crippen molar-refractivity contribution in [1.82, 2.24) is 0 Å². The Bertz CT molecular complexity index is 906. The van der Waals surface area contributed by atoms with E-state index >= 15 is 0 Å². The van der Waals surface area contributed by atoms with Crippen LogP contribution in [0.15, 0.2) is 36.4 Å². The van der Waals surface area contributed by atoms with Crippen LogP contribution in [0.1, 0.15) is 33.8 Å². The molecule has 134 valence electrons. The molecule has 2 aromatic carbocycles. The first-order chi connectivity index (χ1) is 12.4. The third-order valence-corrected chi connectivity index (χ3v) is 4.42. The van der Waals surface area contributed by atoms with Crippen molar-refractivity contribution in [3.8, 4) is 11.5 Å². The van der Waals surface area contributed by atoms with Gasteiger partial charge in [0.25, 0.3) is 0 Å². The van der Waals surface area contributed by atoms with Crippen LogP contribution < -0.4 is 4.90 Å². The Kier molecular flexibility index (Phi) is 4.38. The highest BCUT2D eigenvalue weighted by Gasteiger charge is 2.42. The van der Waals surface area contributed by atoms with Crippen LogP contribution in [0.2, 0.25) is 0 Å². The Morgan fingerprint density at radius 1 is 1.15 bits per heavy atom. The number of aromatic hydroxyl groups is 2. The number of phenols is 2. The standard InChI is InChI=1S/C19H17NO6/c1-10-8-12(17(23)15(16(10)22)19(25)26-2)13-9-14(21)20(18(13)24)11-6-4-3-5-7-11/h3-8,13,22-23H,9H2,1-2H3. The normalized spacial score (nSPS) is 16.8. The largest absolute Gasteiger partial charge is 0.507 e. The van der Waals surface area contributed by atoms with Crippen molar-refractivity contribution in [3.05, 3.63) is 53.1 Å². The second kappa shape index (κ2) is 6.51. The second-order valence-corrected chi connectivity index (χ2v) is 6.01. The van der Waals surface area contributed by atoms with Crippen LogP contribution in [0.3, 0.4) is 0 Å². The van der Waals surface area contributed by atoms with Gasteiger partial charge in [0.05, 0.1) is 18.7 Å². The van der Waals surface area contributed by atoms with Crippen molar-refractivity contribution in [2.24, 2.45) is 0 Å². The van der Waals surface area contributed by atoms with E-state index in [1.54, 1.807) is 30.3 Å². The highest BCUT2D eigenvalue weighted by Crippen LogP contribution is 2.42. The molecule has 0 spiro atoms. The average molecular weight is 355 g/mol. The number of para-hydroxylation sites is 1. The zero-order valence-electron chi connectivity index (χ0n) is 14.2. The molecule has 1 aliphatic rings. The van der Waals surface area contributed by atoms with Gasteiger partial charge >= 0.3 is 5.97 Å². The minimum Gasteiger partial charge on any atom is -0.507 e. The first-order valence-corrected chi connectivity index (χ1v) is 7.92. The molecular weight excluding hydrogens is 338 g/mol. The van der Waals surface area contributed by atoms with E-state index in [2.05, 4.69) is 4.74 Å². The molecule has 2 N–H and O–H groups in total. The Morgan fingerprint density at radius 2 is 1.81 bits per heavy atom. The number of imide groups is 1. The van der Waals surface area contributed by atoms with E-state index in [1.165, 1.54) is 13.0 Å². The van der Waals surface area contributed by atoms with Crippen molar-refractivity contribution in [3.63, 3.8) is 0 Å². The fourth-order valence-electron chi connectivity index (χ4n) is 3.11. The number of aryl methyl sites for hydroxylation is 1. The fourth-order valence-corrected chi connectivity index (χ4v) is 3.11. The molecule has 1 atom stereocenters. The molecule has 0 aromatic heterocycles. The van der Waals surface area contributed by atoms with Gasteiger partial charge in [-0.05, 0) is 30.7 Å². The molecule has 7 heteroatoms. The van der Waals surface area contributed by atoms with Crippen LogP contribution in [-0.2, 0) is 14.3 Å². The number of esters is 1. The lowest BCUT2D eigenvalue weighted by atomic mass is 9.92. The zero-order valence-corrected chi connectivity index (χ0v) is 14.2. The summed E-state index contributed by atoms with van der Waals surface area (Å²) < 4.78 is 4.59. The van der Waals surface area contributed by atoms with Gasteiger partial charge < -0.3 is 14.9 Å². The number of ether oxygens (including phenoxy) is 1. The maximum absolute atomic E-state index is 12.8. The van der Waals surface area contributed by atoms with E-state index < -0.39 is 40.8 Å². The predicted octanol–water partition coefficient (Wildman–Crippen LogP) is 2.24. The summed E-state index contributed by atoms with van der Waals surface area (Å²) in [5.74, 6) is -3.77. The van der Waals surface area contributed by atoms with Crippen LogP contribution in [0, 0.1) is 6.92 Å². The van der Waals surface area contributed by atoms with E-state index in [9.17, 15) is 24.6 Å². The highest BCUT2D eigenvalue weighted by molar-refractivity contribution is 6.23. The molecule has 0 saturated carbocycles. The van der Waals surface area contributed by atoms with Crippen molar-refractivity contribution in [1.29, 1.82) is 0 Å². The number of amides is 2. The third kappa shape index (κ3) is 2.67. The zero-order chi connectivity index (χ0) is 19.0. The van der Waals surface area contributed by atoms with E-state index in [0.717, 1.165) is 12.0 Å². The van der Waals surface area contributed by atoms with Crippen molar-refractivity contribution in [2.75, 3.05) is 12.0 Å². The SMILES string of the molecule is COC(=O)c1c(O)c(C)cc(C2CC(=O)N(c3ccccc3)C2=O)c1O. The Labute approximate surface area is 149 Å². The number of hydrogen-bond acceptors (Lipinski definition) is 6. The monoisotopic (exact) mass is 355 g/mol. The summed E-state index contributed by atoms with van der Waals surface area (Å²) in [6, 6.07) is 9.87. The van der Waals surface area contributed by atoms with Crippen molar-refractivity contribution < 1.29 is 29.3 Å². The lowest BCUT2D eigenvalue weighted by molar-refractivity contribution is -0.121. The summed E-state index contributed by atoms with van der Waals surface area (Å²) in [6.45, 7) is 1.53. The first-order valence-electron chi connectivity index (χ1n) is 7.92. The lowest BCUT2D eigenvalue weighted by Gasteiger charge is -2.17. The number of anilines is 1. The first kappa shape index (κ1) is 17.5. The van der Waals surface area contributed by atoms with Gasteiger partial charge in [-0.1, -0.05) is 18.2 Å². The molecule has 7 nitrogen and oxygen atoms in total. The number of benzene rings is 2. The van der Waals surface area contributed by atoms with Crippen LogP contribution in [-0.4, -0.2) is 35.1 Å². The summed E-state index contributed by atoms with van der Waals surface area (Å²) in [5.41, 5.74) is 0.420. The molecule has 1 saturated heterocycles. The van der Waals surface area contributed by atoms with Crippen LogP contribution in [0.4, 0.5) is 5.69 Å². The number of phenolic OH excluding ortho intramolecular Hbond substituents is 2. The molecule has 3 rings (SSSR count). The van der Waals surface area contributed by atoms with Crippen LogP contribution >= 0.6 is 0 Å². The van der Waals surface area contributed by atoms with E-state index in [4.69, 9.17) is 0 Å². The van der Waals surface area contributed by atoms with Crippen LogP contribution in [0.25, 0.3) is 0 Å². The summed E-state index contributed by atoms with van der Waals surface area (Å²) in [5, 5.41) is 20.5. The van der Waals surface area contributed by atoms with Gasteiger partial charge in [0, 0.05) is 12.0 Å². The average Bonchev–Trinajstić information content (AvgIpc) is 2.93. The van der Waals surface area contributed by atoms with Gasteiger partial charge in [-0.15, -0.1) is 0 Å². The number of carbonyl (C=O) groups is 3. The Balaban J connectivity index is 2.08. The smallest absolute Gasteiger partial charge is 0.345 e. The van der Waals surface area contributed by atoms with Crippen LogP contribution in [0.5, 0.6) is 11.5 Å². The molecule has 1 fully saturated rings. The molecule has 26 heavy (non-hydrogen) atoms. The highest BCUT2D eigenvalue weighted by atomic mass is 16.5.